The van der Waals surface area contributed by atoms with Gasteiger partial charge >= 0.3 is 0 Å². The molecule has 164 valence electrons. The third kappa shape index (κ3) is 4.04. The van der Waals surface area contributed by atoms with Crippen LogP contribution in [0.15, 0.2) is 48.7 Å². The molecule has 2 aromatic carbocycles. The summed E-state index contributed by atoms with van der Waals surface area (Å²) < 4.78 is 21.2. The number of ether oxygens (including phenoxy) is 1. The van der Waals surface area contributed by atoms with E-state index in [1.807, 2.05) is 32.0 Å². The Labute approximate surface area is 188 Å². The lowest BCUT2D eigenvalue weighted by Crippen LogP contribution is -2.20. The molecule has 0 saturated heterocycles. The average molecular weight is 455 g/mol. The number of imidazole rings is 1. The van der Waals surface area contributed by atoms with E-state index in [1.54, 1.807) is 4.40 Å². The number of hydrogen-bond donors (Lipinski definition) is 3. The molecule has 32 heavy (non-hydrogen) atoms. The van der Waals surface area contributed by atoms with Gasteiger partial charge in [-0.05, 0) is 43.2 Å². The number of carbonyl (C=O) groups excluding carboxylic acids is 1. The maximum Gasteiger partial charge on any atom is 0.255 e. The highest BCUT2D eigenvalue weighted by Gasteiger charge is 2.23. The first-order valence-electron chi connectivity index (χ1n) is 9.69. The van der Waals surface area contributed by atoms with E-state index in [2.05, 4.69) is 10.3 Å². The van der Waals surface area contributed by atoms with Crippen LogP contribution in [0.25, 0.3) is 16.9 Å². The van der Waals surface area contributed by atoms with Crippen LogP contribution in [0.4, 0.5) is 15.9 Å². The lowest BCUT2D eigenvalue weighted by molar-refractivity contribution is -0.119. The predicted molar refractivity (Wildman–Crippen MR) is 121 cm³/mol. The Morgan fingerprint density at radius 1 is 1.25 bits per heavy atom. The van der Waals surface area contributed by atoms with Crippen molar-refractivity contribution >= 4 is 34.7 Å². The summed E-state index contributed by atoms with van der Waals surface area (Å²) in [5.74, 6) is -0.748. The maximum absolute atomic E-state index is 14.1. The molecule has 7 nitrogen and oxygen atoms in total. The molecule has 2 aromatic heterocycles. The van der Waals surface area contributed by atoms with Crippen molar-refractivity contribution in [1.29, 1.82) is 0 Å². The third-order valence-corrected chi connectivity index (χ3v) is 5.25. The molecule has 0 bridgehead atoms. The van der Waals surface area contributed by atoms with Crippen LogP contribution >= 0.6 is 11.6 Å². The number of hydrogen-bond acceptors (Lipinski definition) is 5. The second kappa shape index (κ2) is 8.39. The second-order valence-corrected chi connectivity index (χ2v) is 7.74. The number of nitrogens with zero attached hydrogens (tertiary/aromatic N) is 2. The number of rotatable bonds is 6. The standard InChI is InChI=1S/C23H20ClFN4O3/c1-12-4-3-5-13(2)21(12)28-23-22(27-19-7-6-14(25)10-29(19)23)20-16(24)8-15(30)9-17(20)32-11-18(26)31/h3-10,28,30H,11H2,1-2H3,(H2,26,31). The Kier molecular flexibility index (Phi) is 5.63. The maximum atomic E-state index is 14.1. The number of pyridine rings is 1. The first-order chi connectivity index (χ1) is 15.2. The highest BCUT2D eigenvalue weighted by Crippen LogP contribution is 2.43. The summed E-state index contributed by atoms with van der Waals surface area (Å²) in [7, 11) is 0. The highest BCUT2D eigenvalue weighted by molar-refractivity contribution is 6.34. The number of phenols is 1. The van der Waals surface area contributed by atoms with Gasteiger partial charge in [0.2, 0.25) is 0 Å². The normalized spacial score (nSPS) is 11.0. The smallest absolute Gasteiger partial charge is 0.255 e. The van der Waals surface area contributed by atoms with Crippen molar-refractivity contribution in [3.05, 3.63) is 70.6 Å². The van der Waals surface area contributed by atoms with Crippen molar-refractivity contribution in [2.24, 2.45) is 5.73 Å². The minimum atomic E-state index is -0.693. The lowest BCUT2D eigenvalue weighted by Gasteiger charge is -2.16. The van der Waals surface area contributed by atoms with Crippen molar-refractivity contribution < 1.29 is 19.0 Å². The van der Waals surface area contributed by atoms with Gasteiger partial charge in [0.05, 0.1) is 10.6 Å². The third-order valence-electron chi connectivity index (χ3n) is 4.95. The number of primary amides is 1. The van der Waals surface area contributed by atoms with Gasteiger partial charge in [0.25, 0.3) is 5.91 Å². The number of anilines is 2. The molecular weight excluding hydrogens is 435 g/mol. The van der Waals surface area contributed by atoms with Gasteiger partial charge < -0.3 is 20.9 Å². The van der Waals surface area contributed by atoms with Gasteiger partial charge in [-0.25, -0.2) is 9.37 Å². The summed E-state index contributed by atoms with van der Waals surface area (Å²) in [5.41, 5.74) is 9.13. The Hall–Kier alpha value is -3.78. The van der Waals surface area contributed by atoms with E-state index >= 15 is 0 Å². The van der Waals surface area contributed by atoms with Crippen LogP contribution in [0.3, 0.4) is 0 Å². The molecule has 0 unspecified atom stereocenters. The summed E-state index contributed by atoms with van der Waals surface area (Å²) in [6, 6.07) is 11.3. The number of amides is 1. The Balaban J connectivity index is 1.98. The average Bonchev–Trinajstić information content (AvgIpc) is 3.05. The molecule has 0 fully saturated rings. The number of nitrogens with one attached hydrogen (secondary N) is 1. The van der Waals surface area contributed by atoms with Gasteiger partial charge in [0.1, 0.15) is 34.5 Å². The van der Waals surface area contributed by atoms with Crippen molar-refractivity contribution in [3.63, 3.8) is 0 Å². The number of fused-ring (bicyclic) bond motifs is 1. The number of aryl methyl sites for hydroxylation is 2. The first-order valence-corrected chi connectivity index (χ1v) is 10.1. The van der Waals surface area contributed by atoms with E-state index in [0.717, 1.165) is 16.8 Å². The second-order valence-electron chi connectivity index (χ2n) is 7.33. The van der Waals surface area contributed by atoms with Crippen LogP contribution < -0.4 is 15.8 Å². The lowest BCUT2D eigenvalue weighted by atomic mass is 10.1. The number of phenolic OH excluding ortho intramolecular Hbond substituents is 1. The molecular formula is C23H20ClFN4O3. The van der Waals surface area contributed by atoms with E-state index in [1.165, 1.54) is 30.5 Å². The van der Waals surface area contributed by atoms with Crippen LogP contribution in [0.2, 0.25) is 5.02 Å². The first kappa shape index (κ1) is 21.5. The summed E-state index contributed by atoms with van der Waals surface area (Å²) in [4.78, 5) is 15.9. The summed E-state index contributed by atoms with van der Waals surface area (Å²) in [6.45, 7) is 3.48. The predicted octanol–water partition coefficient (Wildman–Crippen LogP) is 4.72. The van der Waals surface area contributed by atoms with E-state index in [4.69, 9.17) is 22.1 Å². The van der Waals surface area contributed by atoms with Crippen LogP contribution in [0.5, 0.6) is 11.5 Å². The number of aromatic hydroxyl groups is 1. The molecule has 4 aromatic rings. The van der Waals surface area contributed by atoms with Gasteiger partial charge in [-0.3, -0.25) is 9.20 Å². The van der Waals surface area contributed by atoms with Crippen molar-refractivity contribution in [3.8, 4) is 22.8 Å². The number of nitrogens with two attached hydrogens (primary N) is 1. The summed E-state index contributed by atoms with van der Waals surface area (Å²) >= 11 is 6.47. The van der Waals surface area contributed by atoms with Gasteiger partial charge in [-0.1, -0.05) is 29.8 Å². The zero-order valence-electron chi connectivity index (χ0n) is 17.3. The van der Waals surface area contributed by atoms with Crippen molar-refractivity contribution in [1.82, 2.24) is 9.38 Å². The van der Waals surface area contributed by atoms with E-state index in [9.17, 15) is 14.3 Å². The van der Waals surface area contributed by atoms with Crippen LogP contribution in [-0.2, 0) is 4.79 Å². The van der Waals surface area contributed by atoms with Crippen LogP contribution in [0, 0.1) is 19.7 Å². The molecule has 0 aliphatic rings. The largest absolute Gasteiger partial charge is 0.508 e. The van der Waals surface area contributed by atoms with Crippen molar-refractivity contribution in [2.45, 2.75) is 13.8 Å². The van der Waals surface area contributed by atoms with Gasteiger partial charge in [0.15, 0.2) is 6.61 Å². The molecule has 0 aliphatic carbocycles. The molecule has 0 radical (unpaired) electrons. The SMILES string of the molecule is Cc1cccc(C)c1Nc1c(-c2c(Cl)cc(O)cc2OCC(N)=O)nc2ccc(F)cn12. The molecule has 0 saturated carbocycles. The molecule has 9 heteroatoms. The van der Waals surface area contributed by atoms with Gasteiger partial charge in [-0.2, -0.15) is 0 Å². The molecule has 0 spiro atoms. The number of carbonyl (C=O) groups is 1. The highest BCUT2D eigenvalue weighted by atomic mass is 35.5. The quantitative estimate of drug-likeness (QED) is 0.391. The van der Waals surface area contributed by atoms with Crippen LogP contribution in [-0.4, -0.2) is 27.0 Å². The van der Waals surface area contributed by atoms with Crippen LogP contribution in [0.1, 0.15) is 11.1 Å². The molecule has 2 heterocycles. The fourth-order valence-corrected chi connectivity index (χ4v) is 3.80. The van der Waals surface area contributed by atoms with Gasteiger partial charge in [0, 0.05) is 18.0 Å². The minimum Gasteiger partial charge on any atom is -0.508 e. The molecule has 4 N–H and O–H groups in total. The van der Waals surface area contributed by atoms with E-state index in [0.29, 0.717) is 22.7 Å². The number of para-hydroxylation sites is 1. The molecule has 1 amide bonds. The zero-order valence-corrected chi connectivity index (χ0v) is 18.1. The summed E-state index contributed by atoms with van der Waals surface area (Å²) in [5, 5.41) is 13.5. The molecule has 0 aliphatic heterocycles. The molecule has 0 atom stereocenters. The fraction of sp³-hybridized carbons (Fsp3) is 0.130. The Morgan fingerprint density at radius 3 is 2.66 bits per heavy atom. The minimum absolute atomic E-state index is 0.113. The van der Waals surface area contributed by atoms with E-state index < -0.39 is 18.3 Å². The summed E-state index contributed by atoms with van der Waals surface area (Å²) in [6.07, 6.45) is 1.31. The number of aromatic nitrogens is 2. The topological polar surface area (TPSA) is 102 Å². The van der Waals surface area contributed by atoms with E-state index in [-0.39, 0.29) is 16.5 Å². The fourth-order valence-electron chi connectivity index (χ4n) is 3.50. The zero-order chi connectivity index (χ0) is 23.0. The molecule has 4 rings (SSSR count). The number of halogens is 2. The number of benzene rings is 2. The van der Waals surface area contributed by atoms with Crippen molar-refractivity contribution in [2.75, 3.05) is 11.9 Å². The Bertz CT molecular complexity index is 1330. The van der Waals surface area contributed by atoms with Gasteiger partial charge in [-0.15, -0.1) is 0 Å². The monoisotopic (exact) mass is 454 g/mol. The Morgan fingerprint density at radius 2 is 1.97 bits per heavy atom.